The average molecular weight is 491 g/mol. The highest BCUT2D eigenvalue weighted by Gasteiger charge is 2.47. The molecule has 1 heterocycles. The van der Waals surface area contributed by atoms with Crippen LogP contribution >= 0.6 is 0 Å². The van der Waals surface area contributed by atoms with E-state index in [-0.39, 0.29) is 17.0 Å². The van der Waals surface area contributed by atoms with Gasteiger partial charge in [0.1, 0.15) is 5.76 Å². The zero-order valence-corrected chi connectivity index (χ0v) is 20.5. The van der Waals surface area contributed by atoms with Gasteiger partial charge in [-0.25, -0.2) is 8.78 Å². The van der Waals surface area contributed by atoms with Gasteiger partial charge in [0.25, 0.3) is 11.7 Å². The molecule has 1 atom stereocenters. The number of carbonyl (C=O) groups is 2. The third-order valence-electron chi connectivity index (χ3n) is 6.60. The molecule has 7 heteroatoms. The molecule has 4 rings (SSSR count). The van der Waals surface area contributed by atoms with E-state index in [4.69, 9.17) is 0 Å². The molecule has 0 aliphatic carbocycles. The summed E-state index contributed by atoms with van der Waals surface area (Å²) < 4.78 is 27.8. The van der Waals surface area contributed by atoms with Crippen molar-refractivity contribution in [1.29, 1.82) is 0 Å². The predicted molar refractivity (Wildman–Crippen MR) is 137 cm³/mol. The van der Waals surface area contributed by atoms with Gasteiger partial charge in [-0.15, -0.1) is 0 Å². The monoisotopic (exact) mass is 490 g/mol. The number of hydrogen-bond donors (Lipinski definition) is 1. The molecule has 1 N–H and O–H groups in total. The van der Waals surface area contributed by atoms with Gasteiger partial charge in [0.2, 0.25) is 0 Å². The van der Waals surface area contributed by atoms with Crippen molar-refractivity contribution in [3.63, 3.8) is 0 Å². The normalized spacial score (nSPS) is 17.0. The zero-order chi connectivity index (χ0) is 26.0. The van der Waals surface area contributed by atoms with E-state index in [0.29, 0.717) is 11.1 Å². The number of ketones is 1. The summed E-state index contributed by atoms with van der Waals surface area (Å²) in [7, 11) is 0. The number of hydrogen-bond acceptors (Lipinski definition) is 4. The van der Waals surface area contributed by atoms with Crippen molar-refractivity contribution in [2.45, 2.75) is 33.2 Å². The van der Waals surface area contributed by atoms with Crippen molar-refractivity contribution < 1.29 is 23.5 Å². The van der Waals surface area contributed by atoms with Crippen molar-refractivity contribution in [3.05, 3.63) is 101 Å². The summed E-state index contributed by atoms with van der Waals surface area (Å²) in [5.74, 6) is -4.34. The van der Waals surface area contributed by atoms with Gasteiger partial charge in [-0.05, 0) is 55.7 Å². The number of aliphatic hydroxyl groups is 1. The van der Waals surface area contributed by atoms with Crippen molar-refractivity contribution in [1.82, 2.24) is 0 Å². The number of rotatable bonds is 7. The number of aliphatic hydroxyl groups excluding tert-OH is 1. The number of nitrogens with zero attached hydrogens (tertiary/aromatic N) is 2. The predicted octanol–water partition coefficient (Wildman–Crippen LogP) is 6.00. The molecule has 3 aromatic carbocycles. The zero-order valence-electron chi connectivity index (χ0n) is 20.5. The molecule has 0 saturated carbocycles. The Morgan fingerprint density at radius 3 is 2.08 bits per heavy atom. The first-order chi connectivity index (χ1) is 17.3. The van der Waals surface area contributed by atoms with Crippen molar-refractivity contribution in [2.24, 2.45) is 0 Å². The lowest BCUT2D eigenvalue weighted by Gasteiger charge is -2.27. The Hall–Kier alpha value is -4.00. The third-order valence-corrected chi connectivity index (χ3v) is 6.60. The Morgan fingerprint density at radius 2 is 1.53 bits per heavy atom. The van der Waals surface area contributed by atoms with Crippen LogP contribution in [0.15, 0.2) is 72.3 Å². The van der Waals surface area contributed by atoms with E-state index in [1.54, 1.807) is 24.3 Å². The third kappa shape index (κ3) is 4.49. The SMILES string of the molecule is CCc1ccc(/C(O)=C2\C(=O)C(=O)N(c3ccc(F)c(F)c3)C2c2ccc(N(CC)CC)cc2)cc1. The Kier molecular flexibility index (Phi) is 7.20. The molecule has 186 valence electrons. The van der Waals surface area contributed by atoms with Crippen LogP contribution in [0.5, 0.6) is 0 Å². The number of halogens is 2. The van der Waals surface area contributed by atoms with E-state index < -0.39 is 29.4 Å². The van der Waals surface area contributed by atoms with Gasteiger partial charge < -0.3 is 10.0 Å². The summed E-state index contributed by atoms with van der Waals surface area (Å²) in [6.07, 6.45) is 0.806. The first-order valence-electron chi connectivity index (χ1n) is 12.0. The van der Waals surface area contributed by atoms with Crippen LogP contribution in [0.1, 0.15) is 43.5 Å². The largest absolute Gasteiger partial charge is 0.507 e. The van der Waals surface area contributed by atoms with E-state index in [2.05, 4.69) is 4.90 Å². The summed E-state index contributed by atoms with van der Waals surface area (Å²) in [4.78, 5) is 29.7. The van der Waals surface area contributed by atoms with Crippen LogP contribution in [0.4, 0.5) is 20.2 Å². The molecule has 3 aromatic rings. The molecule has 5 nitrogen and oxygen atoms in total. The maximum Gasteiger partial charge on any atom is 0.300 e. The maximum atomic E-state index is 14.1. The molecule has 1 fully saturated rings. The highest BCUT2D eigenvalue weighted by atomic mass is 19.2. The van der Waals surface area contributed by atoms with Crippen LogP contribution in [0.25, 0.3) is 5.76 Å². The quantitative estimate of drug-likeness (QED) is 0.251. The van der Waals surface area contributed by atoms with Gasteiger partial charge in [-0.2, -0.15) is 0 Å². The summed E-state index contributed by atoms with van der Waals surface area (Å²) in [6.45, 7) is 7.69. The Morgan fingerprint density at radius 1 is 0.889 bits per heavy atom. The lowest BCUT2D eigenvalue weighted by molar-refractivity contribution is -0.132. The molecule has 0 aromatic heterocycles. The van der Waals surface area contributed by atoms with E-state index in [9.17, 15) is 23.5 Å². The van der Waals surface area contributed by atoms with Crippen LogP contribution < -0.4 is 9.80 Å². The second-order valence-electron chi connectivity index (χ2n) is 8.58. The van der Waals surface area contributed by atoms with Gasteiger partial charge in [0, 0.05) is 36.1 Å². The molecular weight excluding hydrogens is 462 g/mol. The molecule has 1 aliphatic heterocycles. The van der Waals surface area contributed by atoms with Gasteiger partial charge in [-0.1, -0.05) is 43.3 Å². The van der Waals surface area contributed by atoms with Crippen LogP contribution in [0.3, 0.4) is 0 Å². The van der Waals surface area contributed by atoms with E-state index in [0.717, 1.165) is 47.8 Å². The lowest BCUT2D eigenvalue weighted by Crippen LogP contribution is -2.29. The highest BCUT2D eigenvalue weighted by molar-refractivity contribution is 6.51. The minimum atomic E-state index is -1.14. The summed E-state index contributed by atoms with van der Waals surface area (Å²) in [6, 6.07) is 16.4. The van der Waals surface area contributed by atoms with Gasteiger partial charge in [0.15, 0.2) is 11.6 Å². The molecule has 0 spiro atoms. The summed E-state index contributed by atoms with van der Waals surface area (Å²) >= 11 is 0. The minimum Gasteiger partial charge on any atom is -0.507 e. The topological polar surface area (TPSA) is 60.9 Å². The van der Waals surface area contributed by atoms with Crippen LogP contribution in [0.2, 0.25) is 0 Å². The van der Waals surface area contributed by atoms with Crippen molar-refractivity contribution >= 4 is 28.8 Å². The van der Waals surface area contributed by atoms with Gasteiger partial charge in [-0.3, -0.25) is 14.5 Å². The molecule has 1 unspecified atom stereocenters. The number of benzene rings is 3. The number of Topliss-reactive ketones (excluding diaryl/α,β-unsaturated/α-hetero) is 1. The molecule has 0 radical (unpaired) electrons. The smallest absolute Gasteiger partial charge is 0.300 e. The van der Waals surface area contributed by atoms with Crippen LogP contribution in [-0.2, 0) is 16.0 Å². The number of aryl methyl sites for hydroxylation is 1. The van der Waals surface area contributed by atoms with Crippen LogP contribution in [-0.4, -0.2) is 29.9 Å². The Bertz CT molecular complexity index is 1310. The molecular formula is C29H28F2N2O3. The van der Waals surface area contributed by atoms with Crippen molar-refractivity contribution in [3.8, 4) is 0 Å². The number of amides is 1. The summed E-state index contributed by atoms with van der Waals surface area (Å²) in [5.41, 5.74) is 2.88. The Labute approximate surface area is 209 Å². The average Bonchev–Trinajstić information content (AvgIpc) is 3.16. The fraction of sp³-hybridized carbons (Fsp3) is 0.241. The number of carbonyl (C=O) groups excluding carboxylic acids is 2. The van der Waals surface area contributed by atoms with E-state index >= 15 is 0 Å². The Balaban J connectivity index is 1.89. The standard InChI is InChI=1S/C29H28F2N2O3/c1-4-18-7-9-20(10-8-18)27(34)25-26(19-11-13-21(14-12-19)32(5-2)6-3)33(29(36)28(25)35)22-15-16-23(30)24(31)17-22/h7-17,26,34H,4-6H2,1-3H3/b27-25+. The minimum absolute atomic E-state index is 0.0224. The summed E-state index contributed by atoms with van der Waals surface area (Å²) in [5, 5.41) is 11.2. The maximum absolute atomic E-state index is 14.1. The second-order valence-corrected chi connectivity index (χ2v) is 8.58. The van der Waals surface area contributed by atoms with Crippen LogP contribution in [0, 0.1) is 11.6 Å². The highest BCUT2D eigenvalue weighted by Crippen LogP contribution is 2.42. The second kappa shape index (κ2) is 10.3. The first-order valence-corrected chi connectivity index (χ1v) is 12.0. The lowest BCUT2D eigenvalue weighted by atomic mass is 9.94. The van der Waals surface area contributed by atoms with Crippen molar-refractivity contribution in [2.75, 3.05) is 22.9 Å². The molecule has 1 saturated heterocycles. The fourth-order valence-corrected chi connectivity index (χ4v) is 4.56. The fourth-order valence-electron chi connectivity index (χ4n) is 4.56. The first kappa shape index (κ1) is 25.1. The van der Waals surface area contributed by atoms with Gasteiger partial charge >= 0.3 is 0 Å². The molecule has 0 bridgehead atoms. The molecule has 1 amide bonds. The molecule has 1 aliphatic rings. The molecule has 36 heavy (non-hydrogen) atoms. The van der Waals surface area contributed by atoms with E-state index in [1.165, 1.54) is 6.07 Å². The van der Waals surface area contributed by atoms with E-state index in [1.807, 2.05) is 45.0 Å². The number of anilines is 2. The van der Waals surface area contributed by atoms with Gasteiger partial charge in [0.05, 0.1) is 11.6 Å².